The van der Waals surface area contributed by atoms with Crippen LogP contribution in [0, 0.1) is 21.8 Å². The number of benzene rings is 1. The van der Waals surface area contributed by atoms with Crippen molar-refractivity contribution in [1.29, 1.82) is 5.26 Å². The summed E-state index contributed by atoms with van der Waals surface area (Å²) in [6.45, 7) is 1.81. The van der Waals surface area contributed by atoms with Gasteiger partial charge >= 0.3 is 5.97 Å². The molecule has 0 aromatic heterocycles. The van der Waals surface area contributed by atoms with Gasteiger partial charge in [0.1, 0.15) is 6.07 Å². The Bertz CT molecular complexity index is 421. The van der Waals surface area contributed by atoms with Crippen molar-refractivity contribution in [2.45, 2.75) is 6.92 Å². The molecule has 0 unspecified atom stereocenters. The molecular formula is C10H8INO2. The van der Waals surface area contributed by atoms with Crippen molar-refractivity contribution in [1.82, 2.24) is 0 Å². The molecule has 1 rings (SSSR count). The zero-order chi connectivity index (χ0) is 10.7. The molecule has 72 valence electrons. The molecule has 0 fully saturated rings. The normalized spacial score (nSPS) is 9.29. The van der Waals surface area contributed by atoms with Crippen LogP contribution >= 0.6 is 22.6 Å². The molecule has 0 bridgehead atoms. The number of carbonyl (C=O) groups excluding carboxylic acids is 1. The van der Waals surface area contributed by atoms with Crippen molar-refractivity contribution in [3.8, 4) is 6.07 Å². The second-order valence-electron chi connectivity index (χ2n) is 2.70. The lowest BCUT2D eigenvalue weighted by Gasteiger charge is -2.05. The topological polar surface area (TPSA) is 50.1 Å². The molecule has 1 aromatic rings. The monoisotopic (exact) mass is 301 g/mol. The van der Waals surface area contributed by atoms with Crippen molar-refractivity contribution in [3.05, 3.63) is 32.4 Å². The summed E-state index contributed by atoms with van der Waals surface area (Å²) in [5, 5.41) is 8.91. The van der Waals surface area contributed by atoms with E-state index in [4.69, 9.17) is 5.26 Å². The Hall–Kier alpha value is -1.09. The van der Waals surface area contributed by atoms with Gasteiger partial charge in [0, 0.05) is 3.57 Å². The van der Waals surface area contributed by atoms with Gasteiger partial charge < -0.3 is 4.74 Å². The smallest absolute Gasteiger partial charge is 0.339 e. The summed E-state index contributed by atoms with van der Waals surface area (Å²) in [5.41, 5.74) is 1.53. The van der Waals surface area contributed by atoms with Crippen LogP contribution in [-0.2, 0) is 4.74 Å². The molecule has 4 heteroatoms. The number of nitriles is 1. The van der Waals surface area contributed by atoms with E-state index in [0.717, 1.165) is 9.13 Å². The molecule has 14 heavy (non-hydrogen) atoms. The molecule has 0 aliphatic heterocycles. The number of methoxy groups -OCH3 is 1. The van der Waals surface area contributed by atoms with Crippen LogP contribution in [0.2, 0.25) is 0 Å². The van der Waals surface area contributed by atoms with Crippen molar-refractivity contribution in [2.24, 2.45) is 0 Å². The molecule has 0 aliphatic carbocycles. The zero-order valence-electron chi connectivity index (χ0n) is 7.80. The number of hydrogen-bond donors (Lipinski definition) is 0. The van der Waals surface area contributed by atoms with Crippen LogP contribution in [0.1, 0.15) is 21.5 Å². The Labute approximate surface area is 95.8 Å². The molecule has 0 saturated heterocycles. The van der Waals surface area contributed by atoms with E-state index in [1.807, 2.05) is 13.0 Å². The van der Waals surface area contributed by atoms with E-state index in [2.05, 4.69) is 27.3 Å². The fourth-order valence-electron chi connectivity index (χ4n) is 1.11. The van der Waals surface area contributed by atoms with Gasteiger partial charge in [-0.3, -0.25) is 0 Å². The summed E-state index contributed by atoms with van der Waals surface area (Å²) >= 11 is 2.12. The number of hydrogen-bond acceptors (Lipinski definition) is 3. The second-order valence-corrected chi connectivity index (χ2v) is 3.86. The quantitative estimate of drug-likeness (QED) is 0.590. The summed E-state index contributed by atoms with van der Waals surface area (Å²) < 4.78 is 5.55. The van der Waals surface area contributed by atoms with E-state index in [9.17, 15) is 4.79 Å². The van der Waals surface area contributed by atoms with Crippen LogP contribution in [0.5, 0.6) is 0 Å². The SMILES string of the molecule is COC(=O)c1ccc(I)c(C)c1C#N. The van der Waals surface area contributed by atoms with E-state index in [0.29, 0.717) is 11.1 Å². The van der Waals surface area contributed by atoms with E-state index in [1.54, 1.807) is 12.1 Å². The van der Waals surface area contributed by atoms with Crippen LogP contribution in [0.25, 0.3) is 0 Å². The minimum absolute atomic E-state index is 0.327. The number of nitrogens with zero attached hydrogens (tertiary/aromatic N) is 1. The van der Waals surface area contributed by atoms with Gasteiger partial charge in [0.25, 0.3) is 0 Å². The fraction of sp³-hybridized carbons (Fsp3) is 0.200. The van der Waals surface area contributed by atoms with Gasteiger partial charge in [0.15, 0.2) is 0 Å². The second kappa shape index (κ2) is 4.42. The van der Waals surface area contributed by atoms with E-state index in [1.165, 1.54) is 7.11 Å². The first-order valence-corrected chi connectivity index (χ1v) is 4.97. The first-order chi connectivity index (χ1) is 6.61. The third kappa shape index (κ3) is 1.87. The molecule has 0 radical (unpaired) electrons. The van der Waals surface area contributed by atoms with Crippen LogP contribution in [0.15, 0.2) is 12.1 Å². The Balaban J connectivity index is 3.40. The molecule has 0 saturated carbocycles. The lowest BCUT2D eigenvalue weighted by molar-refractivity contribution is 0.0600. The Morgan fingerprint density at radius 1 is 1.57 bits per heavy atom. The highest BCUT2D eigenvalue weighted by Gasteiger charge is 2.14. The predicted molar refractivity (Wildman–Crippen MR) is 60.0 cm³/mol. The minimum atomic E-state index is -0.471. The van der Waals surface area contributed by atoms with Crippen molar-refractivity contribution >= 4 is 28.6 Å². The first kappa shape index (κ1) is 11.0. The van der Waals surface area contributed by atoms with Crippen LogP contribution < -0.4 is 0 Å². The van der Waals surface area contributed by atoms with Crippen LogP contribution in [-0.4, -0.2) is 13.1 Å². The number of esters is 1. The van der Waals surface area contributed by atoms with Gasteiger partial charge in [-0.25, -0.2) is 4.79 Å². The van der Waals surface area contributed by atoms with Gasteiger partial charge in [-0.1, -0.05) is 0 Å². The van der Waals surface area contributed by atoms with E-state index >= 15 is 0 Å². The molecule has 1 aromatic carbocycles. The van der Waals surface area contributed by atoms with Gasteiger partial charge in [-0.05, 0) is 47.2 Å². The van der Waals surface area contributed by atoms with E-state index < -0.39 is 5.97 Å². The molecule has 0 aliphatic rings. The van der Waals surface area contributed by atoms with Crippen LogP contribution in [0.4, 0.5) is 0 Å². The van der Waals surface area contributed by atoms with E-state index in [-0.39, 0.29) is 0 Å². The predicted octanol–water partition coefficient (Wildman–Crippen LogP) is 2.26. The molecule has 0 atom stereocenters. The standard InChI is InChI=1S/C10H8INO2/c1-6-8(5-12)7(10(13)14-2)3-4-9(6)11/h3-4H,1-2H3. The summed E-state index contributed by atoms with van der Waals surface area (Å²) in [5.74, 6) is -0.471. The van der Waals surface area contributed by atoms with Gasteiger partial charge in [-0.2, -0.15) is 5.26 Å². The maximum Gasteiger partial charge on any atom is 0.339 e. The summed E-state index contributed by atoms with van der Waals surface area (Å²) in [7, 11) is 1.30. The molecule has 0 amide bonds. The summed E-state index contributed by atoms with van der Waals surface area (Å²) in [6, 6.07) is 5.42. The molecule has 0 heterocycles. The Kier molecular flexibility index (Phi) is 3.47. The largest absolute Gasteiger partial charge is 0.465 e. The lowest BCUT2D eigenvalue weighted by atomic mass is 10.0. The zero-order valence-corrected chi connectivity index (χ0v) is 9.95. The first-order valence-electron chi connectivity index (χ1n) is 3.89. The van der Waals surface area contributed by atoms with Crippen molar-refractivity contribution in [2.75, 3.05) is 7.11 Å². The number of carbonyl (C=O) groups is 1. The highest BCUT2D eigenvalue weighted by Crippen LogP contribution is 2.20. The number of ether oxygens (including phenoxy) is 1. The maximum atomic E-state index is 11.3. The highest BCUT2D eigenvalue weighted by atomic mass is 127. The average molecular weight is 301 g/mol. The Morgan fingerprint density at radius 3 is 2.71 bits per heavy atom. The highest BCUT2D eigenvalue weighted by molar-refractivity contribution is 14.1. The maximum absolute atomic E-state index is 11.3. The molecule has 0 spiro atoms. The average Bonchev–Trinajstić information content (AvgIpc) is 2.20. The van der Waals surface area contributed by atoms with Gasteiger partial charge in [-0.15, -0.1) is 0 Å². The van der Waals surface area contributed by atoms with Crippen LogP contribution in [0.3, 0.4) is 0 Å². The summed E-state index contributed by atoms with van der Waals surface area (Å²) in [6.07, 6.45) is 0. The summed E-state index contributed by atoms with van der Waals surface area (Å²) in [4.78, 5) is 11.3. The third-order valence-electron chi connectivity index (χ3n) is 1.92. The number of halogens is 1. The molecule has 3 nitrogen and oxygen atoms in total. The molecular weight excluding hydrogens is 293 g/mol. The lowest BCUT2D eigenvalue weighted by Crippen LogP contribution is -2.06. The number of rotatable bonds is 1. The minimum Gasteiger partial charge on any atom is -0.465 e. The molecule has 0 N–H and O–H groups in total. The van der Waals surface area contributed by atoms with Crippen molar-refractivity contribution < 1.29 is 9.53 Å². The Morgan fingerprint density at radius 2 is 2.21 bits per heavy atom. The van der Waals surface area contributed by atoms with Crippen molar-refractivity contribution in [3.63, 3.8) is 0 Å². The third-order valence-corrected chi connectivity index (χ3v) is 3.08. The van der Waals surface area contributed by atoms with Gasteiger partial charge in [0.2, 0.25) is 0 Å². The fourth-order valence-corrected chi connectivity index (χ4v) is 1.56. The van der Waals surface area contributed by atoms with Gasteiger partial charge in [0.05, 0.1) is 18.2 Å².